The Morgan fingerprint density at radius 2 is 1.97 bits per heavy atom. The first-order chi connectivity index (χ1) is 13.9. The number of rotatable bonds is 4. The molecule has 1 fully saturated rings. The number of piperidine rings is 1. The monoisotopic (exact) mass is 419 g/mol. The topological polar surface area (TPSA) is 54.8 Å². The lowest BCUT2D eigenvalue weighted by atomic mass is 9.98. The highest BCUT2D eigenvalue weighted by Gasteiger charge is 2.35. The third kappa shape index (κ3) is 4.39. The number of hydrogen-bond acceptors (Lipinski definition) is 6. The lowest BCUT2D eigenvalue weighted by Gasteiger charge is -2.33. The molecule has 3 aromatic rings. The zero-order valence-corrected chi connectivity index (χ0v) is 16.7. The number of hydrogen-bond donors (Lipinski definition) is 0. The van der Waals surface area contributed by atoms with Crippen LogP contribution in [0.15, 0.2) is 36.0 Å². The van der Waals surface area contributed by atoms with E-state index in [2.05, 4.69) is 19.9 Å². The molecule has 5 nitrogen and oxygen atoms in total. The van der Waals surface area contributed by atoms with Gasteiger partial charge in [0.05, 0.1) is 5.01 Å². The van der Waals surface area contributed by atoms with Crippen LogP contribution in [0.4, 0.5) is 19.0 Å². The number of thiazole rings is 1. The fourth-order valence-corrected chi connectivity index (χ4v) is 4.40. The third-order valence-electron chi connectivity index (χ3n) is 4.97. The summed E-state index contributed by atoms with van der Waals surface area (Å²) in [5.41, 5.74) is 1.02. The number of anilines is 1. The third-order valence-corrected chi connectivity index (χ3v) is 5.98. The lowest BCUT2D eigenvalue weighted by Crippen LogP contribution is -2.35. The van der Waals surface area contributed by atoms with Crippen molar-refractivity contribution < 1.29 is 13.2 Å². The Bertz CT molecular complexity index is 974. The molecular formula is C20H20F3N5S. The summed E-state index contributed by atoms with van der Waals surface area (Å²) in [5.74, 6) is 1.41. The van der Waals surface area contributed by atoms with Gasteiger partial charge in [0.1, 0.15) is 5.82 Å². The van der Waals surface area contributed by atoms with Gasteiger partial charge in [-0.25, -0.2) is 15.0 Å². The van der Waals surface area contributed by atoms with Crippen LogP contribution in [0.1, 0.15) is 42.1 Å². The van der Waals surface area contributed by atoms with Gasteiger partial charge in [-0.15, -0.1) is 11.3 Å². The van der Waals surface area contributed by atoms with Gasteiger partial charge >= 0.3 is 6.18 Å². The van der Waals surface area contributed by atoms with Crippen molar-refractivity contribution >= 4 is 17.2 Å². The molecule has 0 N–H and O–H groups in total. The second-order valence-corrected chi connectivity index (χ2v) is 7.87. The van der Waals surface area contributed by atoms with Crippen LogP contribution < -0.4 is 4.90 Å². The Morgan fingerprint density at radius 1 is 1.17 bits per heavy atom. The zero-order chi connectivity index (χ0) is 20.4. The van der Waals surface area contributed by atoms with Crippen LogP contribution in [0.2, 0.25) is 0 Å². The Labute approximate surface area is 170 Å². The highest BCUT2D eigenvalue weighted by molar-refractivity contribution is 7.09. The molecule has 1 saturated heterocycles. The Hall–Kier alpha value is -2.55. The Balaban J connectivity index is 1.60. The van der Waals surface area contributed by atoms with Crippen molar-refractivity contribution in [1.82, 2.24) is 19.9 Å². The van der Waals surface area contributed by atoms with Crippen molar-refractivity contribution in [3.63, 3.8) is 0 Å². The van der Waals surface area contributed by atoms with Gasteiger partial charge in [-0.1, -0.05) is 6.92 Å². The van der Waals surface area contributed by atoms with Gasteiger partial charge in [-0.2, -0.15) is 13.2 Å². The molecule has 0 spiro atoms. The maximum atomic E-state index is 12.9. The van der Waals surface area contributed by atoms with E-state index in [0.29, 0.717) is 17.4 Å². The maximum absolute atomic E-state index is 12.9. The SMILES string of the molecule is CCc1cc(N2CCCC(c3nc(C(F)(F)F)cs3)C2)nc(-c2ccncc2)n1. The average molecular weight is 419 g/mol. The quantitative estimate of drug-likeness (QED) is 0.598. The van der Waals surface area contributed by atoms with Gasteiger partial charge in [0.25, 0.3) is 0 Å². The maximum Gasteiger partial charge on any atom is 0.434 e. The number of halogens is 3. The molecular weight excluding hydrogens is 399 g/mol. The Kier molecular flexibility index (Phi) is 5.49. The molecule has 0 saturated carbocycles. The second kappa shape index (κ2) is 8.06. The first-order valence-electron chi connectivity index (χ1n) is 9.50. The van der Waals surface area contributed by atoms with Crippen molar-refractivity contribution in [1.29, 1.82) is 0 Å². The summed E-state index contributed by atoms with van der Waals surface area (Å²) in [6.45, 7) is 3.44. The Morgan fingerprint density at radius 3 is 2.66 bits per heavy atom. The largest absolute Gasteiger partial charge is 0.434 e. The molecule has 1 aliphatic rings. The molecule has 1 unspecified atom stereocenters. The number of aryl methyl sites for hydroxylation is 1. The summed E-state index contributed by atoms with van der Waals surface area (Å²) < 4.78 is 38.7. The van der Waals surface area contributed by atoms with Crippen molar-refractivity contribution in [2.75, 3.05) is 18.0 Å². The van der Waals surface area contributed by atoms with E-state index in [0.717, 1.165) is 59.6 Å². The standard InChI is InChI=1S/C20H20F3N5S/c1-2-15-10-17(27-18(25-15)13-5-7-24-8-6-13)28-9-3-4-14(11-28)19-26-16(12-29-19)20(21,22)23/h5-8,10,12,14H,2-4,9,11H2,1H3. The van der Waals surface area contributed by atoms with E-state index in [1.807, 2.05) is 25.1 Å². The highest BCUT2D eigenvalue weighted by atomic mass is 32.1. The molecule has 0 amide bonds. The van der Waals surface area contributed by atoms with E-state index in [1.54, 1.807) is 12.4 Å². The minimum absolute atomic E-state index is 0.0331. The van der Waals surface area contributed by atoms with Crippen LogP contribution in [0.5, 0.6) is 0 Å². The second-order valence-electron chi connectivity index (χ2n) is 6.98. The minimum atomic E-state index is -4.40. The fourth-order valence-electron chi connectivity index (χ4n) is 3.45. The predicted molar refractivity (Wildman–Crippen MR) is 106 cm³/mol. The van der Waals surface area contributed by atoms with Gasteiger partial charge in [-0.05, 0) is 31.4 Å². The van der Waals surface area contributed by atoms with E-state index in [-0.39, 0.29) is 5.92 Å². The predicted octanol–water partition coefficient (Wildman–Crippen LogP) is 4.96. The summed E-state index contributed by atoms with van der Waals surface area (Å²) >= 11 is 1.09. The smallest absolute Gasteiger partial charge is 0.356 e. The van der Waals surface area contributed by atoms with Crippen LogP contribution in [-0.2, 0) is 12.6 Å². The van der Waals surface area contributed by atoms with Gasteiger partial charge in [0.15, 0.2) is 11.5 Å². The van der Waals surface area contributed by atoms with E-state index in [4.69, 9.17) is 4.98 Å². The van der Waals surface area contributed by atoms with Crippen LogP contribution in [0.25, 0.3) is 11.4 Å². The van der Waals surface area contributed by atoms with Crippen LogP contribution in [0.3, 0.4) is 0 Å². The molecule has 9 heteroatoms. The van der Waals surface area contributed by atoms with E-state index in [9.17, 15) is 13.2 Å². The van der Waals surface area contributed by atoms with Crippen molar-refractivity contribution in [2.45, 2.75) is 38.3 Å². The van der Waals surface area contributed by atoms with Crippen molar-refractivity contribution in [2.24, 2.45) is 0 Å². The lowest BCUT2D eigenvalue weighted by molar-refractivity contribution is -0.140. The van der Waals surface area contributed by atoms with Crippen LogP contribution in [0, 0.1) is 0 Å². The first kappa shape index (κ1) is 19.8. The fraction of sp³-hybridized carbons (Fsp3) is 0.400. The summed E-state index contributed by atoms with van der Waals surface area (Å²) in [5, 5.41) is 1.65. The molecule has 1 atom stereocenters. The number of pyridine rings is 1. The van der Waals surface area contributed by atoms with E-state index >= 15 is 0 Å². The van der Waals surface area contributed by atoms with Gasteiger partial charge in [0, 0.05) is 54.1 Å². The molecule has 0 bridgehead atoms. The summed E-state index contributed by atoms with van der Waals surface area (Å²) in [4.78, 5) is 19.4. The normalized spacial score (nSPS) is 17.5. The summed E-state index contributed by atoms with van der Waals surface area (Å²) in [6, 6.07) is 5.70. The van der Waals surface area contributed by atoms with E-state index < -0.39 is 11.9 Å². The number of alkyl halides is 3. The number of aromatic nitrogens is 4. The van der Waals surface area contributed by atoms with Gasteiger partial charge in [0.2, 0.25) is 0 Å². The zero-order valence-electron chi connectivity index (χ0n) is 15.9. The molecule has 4 rings (SSSR count). The summed E-state index contributed by atoms with van der Waals surface area (Å²) in [7, 11) is 0. The molecule has 29 heavy (non-hydrogen) atoms. The van der Waals surface area contributed by atoms with Crippen molar-refractivity contribution in [3.8, 4) is 11.4 Å². The first-order valence-corrected chi connectivity index (χ1v) is 10.4. The molecule has 0 aromatic carbocycles. The van der Waals surface area contributed by atoms with Crippen LogP contribution >= 0.6 is 11.3 Å². The average Bonchev–Trinajstić information content (AvgIpc) is 3.25. The van der Waals surface area contributed by atoms with Gasteiger partial charge < -0.3 is 4.90 Å². The molecule has 4 heterocycles. The molecule has 1 aliphatic heterocycles. The molecule has 0 radical (unpaired) electrons. The van der Waals surface area contributed by atoms with Crippen LogP contribution in [-0.4, -0.2) is 33.0 Å². The molecule has 3 aromatic heterocycles. The summed E-state index contributed by atoms with van der Waals surface area (Å²) in [6.07, 6.45) is 1.48. The van der Waals surface area contributed by atoms with Gasteiger partial charge in [-0.3, -0.25) is 4.98 Å². The number of nitrogens with zero attached hydrogens (tertiary/aromatic N) is 5. The minimum Gasteiger partial charge on any atom is -0.356 e. The van der Waals surface area contributed by atoms with E-state index in [1.165, 1.54) is 0 Å². The molecule has 152 valence electrons. The molecule has 0 aliphatic carbocycles. The van der Waals surface area contributed by atoms with Crippen molar-refractivity contribution in [3.05, 3.63) is 52.4 Å². The highest BCUT2D eigenvalue weighted by Crippen LogP contribution is 2.36.